The average molecular weight is 495 g/mol. The highest BCUT2D eigenvalue weighted by Crippen LogP contribution is 2.34. The van der Waals surface area contributed by atoms with E-state index < -0.39 is 7.92 Å². The van der Waals surface area contributed by atoms with E-state index in [9.17, 15) is 9.59 Å². The molecule has 0 spiro atoms. The van der Waals surface area contributed by atoms with E-state index in [-0.39, 0.29) is 18.2 Å². The molecule has 7 heteroatoms. The molecule has 36 heavy (non-hydrogen) atoms. The summed E-state index contributed by atoms with van der Waals surface area (Å²) in [5, 5.41) is 9.43. The number of azide groups is 1. The van der Waals surface area contributed by atoms with Gasteiger partial charge in [0.2, 0.25) is 5.91 Å². The summed E-state index contributed by atoms with van der Waals surface area (Å²) < 4.78 is 0. The molecule has 0 saturated heterocycles. The number of benzene rings is 4. The van der Waals surface area contributed by atoms with E-state index in [0.29, 0.717) is 6.54 Å². The van der Waals surface area contributed by atoms with Crippen molar-refractivity contribution in [2.24, 2.45) is 5.11 Å². The van der Waals surface area contributed by atoms with Crippen LogP contribution in [0.5, 0.6) is 0 Å². The molecule has 4 aromatic rings. The maximum Gasteiger partial charge on any atom is 0.226 e. The van der Waals surface area contributed by atoms with Crippen LogP contribution in [0.25, 0.3) is 10.4 Å². The van der Waals surface area contributed by atoms with Gasteiger partial charge in [-0.05, 0) is 41.9 Å². The summed E-state index contributed by atoms with van der Waals surface area (Å²) in [6.45, 7) is 1.95. The van der Waals surface area contributed by atoms with Crippen LogP contribution in [0.1, 0.15) is 22.8 Å². The highest BCUT2D eigenvalue weighted by atomic mass is 31.1. The number of hydrogen-bond acceptors (Lipinski definition) is 3. The Morgan fingerprint density at radius 1 is 0.778 bits per heavy atom. The van der Waals surface area contributed by atoms with E-state index in [1.54, 1.807) is 6.92 Å². The lowest BCUT2D eigenvalue weighted by atomic mass is 10.1. The number of Topliss-reactive ketones (excluding diaryl/α,β-unsaturated/α-hetero) is 1. The molecule has 4 rings (SSSR count). The van der Waals surface area contributed by atoms with Crippen LogP contribution in [-0.4, -0.2) is 18.2 Å². The van der Waals surface area contributed by atoms with Crippen molar-refractivity contribution in [3.8, 4) is 0 Å². The van der Waals surface area contributed by atoms with Crippen LogP contribution in [0.4, 0.5) is 0 Å². The number of amides is 1. The van der Waals surface area contributed by atoms with Gasteiger partial charge in [0.05, 0.1) is 0 Å². The van der Waals surface area contributed by atoms with E-state index in [1.165, 1.54) is 10.6 Å². The molecule has 0 aliphatic carbocycles. The van der Waals surface area contributed by atoms with Gasteiger partial charge in [0, 0.05) is 17.0 Å². The fourth-order valence-corrected chi connectivity index (χ4v) is 6.00. The van der Waals surface area contributed by atoms with E-state index in [4.69, 9.17) is 5.53 Å². The SMILES string of the molecule is CC(=O)c1ccccc1P(c1ccccc1)c1ccccc1.[N-]=[N+]=NCC(=O)NCc1ccccc1. The fraction of sp³-hybridized carbons (Fsp3) is 0.103. The van der Waals surface area contributed by atoms with Gasteiger partial charge in [-0.25, -0.2) is 0 Å². The predicted octanol–water partition coefficient (Wildman–Crippen LogP) is 5.26. The van der Waals surface area contributed by atoms with Gasteiger partial charge in [0.1, 0.15) is 6.54 Å². The molecular formula is C29H27N4O2P. The van der Waals surface area contributed by atoms with E-state index >= 15 is 0 Å². The van der Waals surface area contributed by atoms with Crippen molar-refractivity contribution in [1.82, 2.24) is 5.32 Å². The first kappa shape index (κ1) is 26.4. The third-order valence-corrected chi connectivity index (χ3v) is 7.66. The molecule has 0 aliphatic heterocycles. The summed E-state index contributed by atoms with van der Waals surface area (Å²) in [5.74, 6) is -0.151. The van der Waals surface area contributed by atoms with Crippen LogP contribution in [0, 0.1) is 0 Å². The second-order valence-electron chi connectivity index (χ2n) is 7.73. The van der Waals surface area contributed by atoms with Crippen LogP contribution in [0.15, 0.2) is 120 Å². The third-order valence-electron chi connectivity index (χ3n) is 5.16. The second kappa shape index (κ2) is 14.2. The summed E-state index contributed by atoms with van der Waals surface area (Å²) >= 11 is 0. The molecule has 0 atom stereocenters. The molecular weight excluding hydrogens is 467 g/mol. The van der Waals surface area contributed by atoms with Crippen molar-refractivity contribution in [3.63, 3.8) is 0 Å². The first-order valence-corrected chi connectivity index (χ1v) is 12.8. The number of nitrogens with zero attached hydrogens (tertiary/aromatic N) is 3. The van der Waals surface area contributed by atoms with Gasteiger partial charge >= 0.3 is 0 Å². The van der Waals surface area contributed by atoms with Gasteiger partial charge in [0.15, 0.2) is 5.78 Å². The van der Waals surface area contributed by atoms with Crippen LogP contribution in [0.3, 0.4) is 0 Å². The molecule has 1 N–H and O–H groups in total. The molecule has 0 aromatic heterocycles. The van der Waals surface area contributed by atoms with E-state index in [2.05, 4.69) is 69.9 Å². The van der Waals surface area contributed by atoms with Gasteiger partial charge in [-0.3, -0.25) is 9.59 Å². The molecule has 0 saturated carbocycles. The molecule has 1 amide bonds. The Morgan fingerprint density at radius 2 is 1.28 bits per heavy atom. The lowest BCUT2D eigenvalue weighted by molar-refractivity contribution is -0.119. The number of hydrogen-bond donors (Lipinski definition) is 1. The molecule has 0 unspecified atom stereocenters. The highest BCUT2D eigenvalue weighted by Gasteiger charge is 2.20. The minimum Gasteiger partial charge on any atom is -0.352 e. The fourth-order valence-electron chi connectivity index (χ4n) is 3.50. The number of carbonyl (C=O) groups excluding carboxylic acids is 2. The molecule has 0 bridgehead atoms. The van der Waals surface area contributed by atoms with Gasteiger partial charge in [-0.2, -0.15) is 0 Å². The van der Waals surface area contributed by atoms with Crippen LogP contribution < -0.4 is 21.2 Å². The monoisotopic (exact) mass is 494 g/mol. The second-order valence-corrected chi connectivity index (χ2v) is 9.92. The summed E-state index contributed by atoms with van der Waals surface area (Å²) in [6.07, 6.45) is 0. The minimum absolute atomic E-state index is 0.120. The van der Waals surface area contributed by atoms with Crippen LogP contribution >= 0.6 is 7.92 Å². The van der Waals surface area contributed by atoms with Gasteiger partial charge in [0.25, 0.3) is 0 Å². The highest BCUT2D eigenvalue weighted by molar-refractivity contribution is 7.80. The van der Waals surface area contributed by atoms with E-state index in [0.717, 1.165) is 16.4 Å². The van der Waals surface area contributed by atoms with Crippen molar-refractivity contribution < 1.29 is 9.59 Å². The first-order valence-electron chi connectivity index (χ1n) is 11.4. The number of rotatable bonds is 8. The standard InChI is InChI=1S/C20H17OP.C9H10N4O/c1-16(21)19-14-8-9-15-20(19)22(17-10-4-2-5-11-17)18-12-6-3-7-13-18;10-13-12-7-9(14)11-6-8-4-2-1-3-5-8/h2-15H,1H3;1-5H,6-7H2,(H,11,14). The van der Waals surface area contributed by atoms with Crippen molar-refractivity contribution in [3.05, 3.63) is 137 Å². The summed E-state index contributed by atoms with van der Waals surface area (Å²) in [4.78, 5) is 25.5. The maximum atomic E-state index is 12.0. The maximum absolute atomic E-state index is 12.0. The Balaban J connectivity index is 0.000000223. The Morgan fingerprint density at radius 3 is 1.81 bits per heavy atom. The lowest BCUT2D eigenvalue weighted by Crippen LogP contribution is -2.24. The zero-order valence-corrected chi connectivity index (χ0v) is 20.9. The molecule has 6 nitrogen and oxygen atoms in total. The number of carbonyl (C=O) groups is 2. The summed E-state index contributed by atoms with van der Waals surface area (Å²) in [7, 11) is -0.720. The molecule has 0 heterocycles. The van der Waals surface area contributed by atoms with Gasteiger partial charge in [-0.1, -0.05) is 120 Å². The Kier molecular flexibility index (Phi) is 10.4. The molecule has 0 aliphatic rings. The normalized spacial score (nSPS) is 9.94. The molecule has 4 aromatic carbocycles. The van der Waals surface area contributed by atoms with E-state index in [1.807, 2.05) is 60.7 Å². The van der Waals surface area contributed by atoms with Crippen molar-refractivity contribution >= 4 is 35.5 Å². The smallest absolute Gasteiger partial charge is 0.226 e. The molecule has 0 radical (unpaired) electrons. The minimum atomic E-state index is -0.720. The van der Waals surface area contributed by atoms with Crippen molar-refractivity contribution in [1.29, 1.82) is 0 Å². The van der Waals surface area contributed by atoms with Gasteiger partial charge in [-0.15, -0.1) is 0 Å². The quantitative estimate of drug-likeness (QED) is 0.119. The lowest BCUT2D eigenvalue weighted by Gasteiger charge is -2.21. The Hall–Kier alpha value is -4.24. The van der Waals surface area contributed by atoms with Gasteiger partial charge < -0.3 is 5.32 Å². The summed E-state index contributed by atoms with van der Waals surface area (Å²) in [6, 6.07) is 38.4. The van der Waals surface area contributed by atoms with Crippen molar-refractivity contribution in [2.45, 2.75) is 13.5 Å². The zero-order valence-electron chi connectivity index (χ0n) is 20.0. The van der Waals surface area contributed by atoms with Crippen molar-refractivity contribution in [2.75, 3.05) is 6.54 Å². The zero-order chi connectivity index (χ0) is 25.6. The predicted molar refractivity (Wildman–Crippen MR) is 147 cm³/mol. The molecule has 180 valence electrons. The largest absolute Gasteiger partial charge is 0.352 e. The Bertz CT molecular complexity index is 1270. The molecule has 0 fully saturated rings. The number of ketones is 1. The third kappa shape index (κ3) is 7.92. The topological polar surface area (TPSA) is 94.9 Å². The Labute approximate surface area is 212 Å². The summed E-state index contributed by atoms with van der Waals surface area (Å²) in [5.41, 5.74) is 9.81. The number of nitrogens with one attached hydrogen (secondary N) is 1. The first-order chi connectivity index (χ1) is 17.6. The van der Waals surface area contributed by atoms with Crippen LogP contribution in [-0.2, 0) is 11.3 Å². The van der Waals surface area contributed by atoms with Crippen LogP contribution in [0.2, 0.25) is 0 Å². The average Bonchev–Trinajstić information content (AvgIpc) is 2.93.